The van der Waals surface area contributed by atoms with Crippen LogP contribution < -0.4 is 10.6 Å². The smallest absolute Gasteiger partial charge is 0.269 e. The van der Waals surface area contributed by atoms with Gasteiger partial charge in [0.2, 0.25) is 5.91 Å². The second kappa shape index (κ2) is 7.21. The quantitative estimate of drug-likeness (QED) is 0.623. The predicted molar refractivity (Wildman–Crippen MR) is 77.7 cm³/mol. The largest absolute Gasteiger partial charge is 0.353 e. The van der Waals surface area contributed by atoms with Crippen molar-refractivity contribution >= 4 is 23.2 Å². The highest BCUT2D eigenvalue weighted by molar-refractivity contribution is 6.31. The second-order valence-corrected chi connectivity index (χ2v) is 5.21. The maximum atomic E-state index is 11.7. The number of nitro groups is 1. The van der Waals surface area contributed by atoms with Crippen molar-refractivity contribution in [3.05, 3.63) is 38.9 Å². The van der Waals surface area contributed by atoms with Crippen LogP contribution in [0.15, 0.2) is 18.2 Å². The lowest BCUT2D eigenvalue weighted by molar-refractivity contribution is -0.384. The molecule has 0 saturated carbocycles. The lowest BCUT2D eigenvalue weighted by atomic mass is 10.2. The number of nitrogens with one attached hydrogen (secondary N) is 2. The first-order valence-corrected chi connectivity index (χ1v) is 6.65. The van der Waals surface area contributed by atoms with E-state index in [1.165, 1.54) is 18.2 Å². The number of nitro benzene ring substituents is 1. The number of carbonyl (C=O) groups excluding carboxylic acids is 1. The molecule has 0 fully saturated rings. The summed E-state index contributed by atoms with van der Waals surface area (Å²) in [5, 5.41) is 16.9. The van der Waals surface area contributed by atoms with Crippen molar-refractivity contribution in [3.8, 4) is 0 Å². The zero-order valence-corrected chi connectivity index (χ0v) is 12.4. The summed E-state index contributed by atoms with van der Waals surface area (Å²) in [5.41, 5.74) is 0.565. The highest BCUT2D eigenvalue weighted by Crippen LogP contribution is 2.21. The molecule has 0 spiro atoms. The van der Waals surface area contributed by atoms with Gasteiger partial charge in [-0.15, -0.1) is 0 Å². The zero-order valence-electron chi connectivity index (χ0n) is 11.6. The molecular weight excluding hydrogens is 282 g/mol. The number of hydrogen-bond acceptors (Lipinski definition) is 4. The number of carbonyl (C=O) groups is 1. The highest BCUT2D eigenvalue weighted by Gasteiger charge is 2.15. The van der Waals surface area contributed by atoms with E-state index in [2.05, 4.69) is 10.6 Å². The molecule has 110 valence electrons. The topological polar surface area (TPSA) is 84.3 Å². The van der Waals surface area contributed by atoms with Gasteiger partial charge < -0.3 is 10.6 Å². The summed E-state index contributed by atoms with van der Waals surface area (Å²) in [4.78, 5) is 22.0. The summed E-state index contributed by atoms with van der Waals surface area (Å²) < 4.78 is 0. The predicted octanol–water partition coefficient (Wildman–Crippen LogP) is 2.25. The lowest BCUT2D eigenvalue weighted by Crippen LogP contribution is -2.44. The number of rotatable bonds is 6. The Morgan fingerprint density at radius 1 is 1.40 bits per heavy atom. The molecule has 0 saturated heterocycles. The molecule has 20 heavy (non-hydrogen) atoms. The molecule has 0 aromatic heterocycles. The second-order valence-electron chi connectivity index (χ2n) is 4.80. The fourth-order valence-electron chi connectivity index (χ4n) is 1.58. The third-order valence-electron chi connectivity index (χ3n) is 2.66. The number of nitrogens with zero attached hydrogens (tertiary/aromatic N) is 1. The summed E-state index contributed by atoms with van der Waals surface area (Å²) in [6, 6.07) is 3.89. The Labute approximate surface area is 122 Å². The lowest BCUT2D eigenvalue weighted by Gasteiger charge is -2.16. The first-order chi connectivity index (χ1) is 9.31. The zero-order chi connectivity index (χ0) is 15.3. The van der Waals surface area contributed by atoms with E-state index in [4.69, 9.17) is 11.6 Å². The van der Waals surface area contributed by atoms with Crippen LogP contribution in [-0.4, -0.2) is 22.9 Å². The van der Waals surface area contributed by atoms with Crippen LogP contribution in [0.3, 0.4) is 0 Å². The number of benzene rings is 1. The summed E-state index contributed by atoms with van der Waals surface area (Å²) >= 11 is 5.99. The molecule has 1 amide bonds. The molecule has 1 rings (SSSR count). The van der Waals surface area contributed by atoms with Gasteiger partial charge >= 0.3 is 0 Å². The first kappa shape index (κ1) is 16.4. The molecule has 0 aliphatic heterocycles. The molecule has 0 aliphatic carbocycles. The maximum Gasteiger partial charge on any atom is 0.269 e. The van der Waals surface area contributed by atoms with Gasteiger partial charge in [-0.3, -0.25) is 14.9 Å². The summed E-state index contributed by atoms with van der Waals surface area (Å²) in [5.74, 6) is -0.124. The molecule has 1 aromatic rings. The van der Waals surface area contributed by atoms with Crippen LogP contribution in [0.2, 0.25) is 5.02 Å². The molecule has 0 heterocycles. The Balaban J connectivity index is 2.67. The van der Waals surface area contributed by atoms with Crippen LogP contribution in [0, 0.1) is 10.1 Å². The van der Waals surface area contributed by atoms with Crippen LogP contribution in [0.4, 0.5) is 5.69 Å². The summed E-state index contributed by atoms with van der Waals surface area (Å²) in [7, 11) is 0. The molecule has 1 aromatic carbocycles. The third kappa shape index (κ3) is 4.79. The SMILES string of the molecule is CC(C)NC(=O)C(C)NCc1cc([N+](=O)[O-])ccc1Cl. The average Bonchev–Trinajstić information content (AvgIpc) is 2.36. The van der Waals surface area contributed by atoms with Gasteiger partial charge in [-0.1, -0.05) is 11.6 Å². The Hall–Kier alpha value is -1.66. The Bertz CT molecular complexity index is 506. The fourth-order valence-corrected chi connectivity index (χ4v) is 1.76. The molecular formula is C13H18ClN3O3. The average molecular weight is 300 g/mol. The molecule has 2 N–H and O–H groups in total. The molecule has 0 radical (unpaired) electrons. The summed E-state index contributed by atoms with van der Waals surface area (Å²) in [6.07, 6.45) is 0. The normalized spacial score (nSPS) is 12.2. The molecule has 0 aliphatic rings. The van der Waals surface area contributed by atoms with E-state index < -0.39 is 11.0 Å². The minimum Gasteiger partial charge on any atom is -0.353 e. The van der Waals surface area contributed by atoms with E-state index in [-0.39, 0.29) is 24.2 Å². The van der Waals surface area contributed by atoms with E-state index >= 15 is 0 Å². The van der Waals surface area contributed by atoms with Crippen molar-refractivity contribution in [2.75, 3.05) is 0 Å². The third-order valence-corrected chi connectivity index (χ3v) is 3.03. The van der Waals surface area contributed by atoms with Crippen LogP contribution in [0.5, 0.6) is 0 Å². The molecule has 1 atom stereocenters. The van der Waals surface area contributed by atoms with Gasteiger partial charge in [0.15, 0.2) is 0 Å². The minimum atomic E-state index is -0.477. The van der Waals surface area contributed by atoms with E-state index in [0.29, 0.717) is 10.6 Å². The standard InChI is InChI=1S/C13H18ClN3O3/c1-8(2)16-13(18)9(3)15-7-10-6-11(17(19)20)4-5-12(10)14/h4-6,8-9,15H,7H2,1-3H3,(H,16,18). The Morgan fingerprint density at radius 3 is 2.60 bits per heavy atom. The van der Waals surface area contributed by atoms with Gasteiger partial charge in [0.1, 0.15) is 0 Å². The van der Waals surface area contributed by atoms with Crippen molar-refractivity contribution in [1.29, 1.82) is 0 Å². The van der Waals surface area contributed by atoms with Crippen LogP contribution >= 0.6 is 11.6 Å². The highest BCUT2D eigenvalue weighted by atomic mass is 35.5. The van der Waals surface area contributed by atoms with Crippen molar-refractivity contribution in [1.82, 2.24) is 10.6 Å². The minimum absolute atomic E-state index is 0.0227. The van der Waals surface area contributed by atoms with E-state index in [1.54, 1.807) is 6.92 Å². The van der Waals surface area contributed by atoms with E-state index in [1.807, 2.05) is 13.8 Å². The summed E-state index contributed by atoms with van der Waals surface area (Å²) in [6.45, 7) is 5.76. The Kier molecular flexibility index (Phi) is 5.91. The molecule has 7 heteroatoms. The van der Waals surface area contributed by atoms with Gasteiger partial charge in [-0.25, -0.2) is 0 Å². The van der Waals surface area contributed by atoms with Crippen molar-refractivity contribution < 1.29 is 9.72 Å². The monoisotopic (exact) mass is 299 g/mol. The van der Waals surface area contributed by atoms with E-state index in [9.17, 15) is 14.9 Å². The first-order valence-electron chi connectivity index (χ1n) is 6.28. The number of halogens is 1. The van der Waals surface area contributed by atoms with E-state index in [0.717, 1.165) is 0 Å². The Morgan fingerprint density at radius 2 is 2.05 bits per heavy atom. The van der Waals surface area contributed by atoms with Gasteiger partial charge in [0.05, 0.1) is 11.0 Å². The number of hydrogen-bond donors (Lipinski definition) is 2. The van der Waals surface area contributed by atoms with Crippen molar-refractivity contribution in [2.45, 2.75) is 39.4 Å². The van der Waals surface area contributed by atoms with Crippen molar-refractivity contribution in [2.24, 2.45) is 0 Å². The van der Waals surface area contributed by atoms with Gasteiger partial charge in [0, 0.05) is 29.7 Å². The van der Waals surface area contributed by atoms with Crippen LogP contribution in [0.1, 0.15) is 26.3 Å². The number of amides is 1. The van der Waals surface area contributed by atoms with Gasteiger partial charge in [-0.2, -0.15) is 0 Å². The maximum absolute atomic E-state index is 11.7. The fraction of sp³-hybridized carbons (Fsp3) is 0.462. The van der Waals surface area contributed by atoms with Crippen LogP contribution in [0.25, 0.3) is 0 Å². The van der Waals surface area contributed by atoms with Gasteiger partial charge in [0.25, 0.3) is 5.69 Å². The molecule has 6 nitrogen and oxygen atoms in total. The molecule has 0 bridgehead atoms. The van der Waals surface area contributed by atoms with Crippen LogP contribution in [-0.2, 0) is 11.3 Å². The van der Waals surface area contributed by atoms with Crippen molar-refractivity contribution in [3.63, 3.8) is 0 Å². The van der Waals surface area contributed by atoms with Gasteiger partial charge in [-0.05, 0) is 32.4 Å². The molecule has 1 unspecified atom stereocenters. The number of non-ortho nitro benzene ring substituents is 1.